The van der Waals surface area contributed by atoms with E-state index in [0.29, 0.717) is 12.1 Å². The number of nitrogens with zero attached hydrogens (tertiary/aromatic N) is 1. The maximum Gasteiger partial charge on any atom is 0.101 e. The van der Waals surface area contributed by atoms with Crippen LogP contribution in [0.2, 0.25) is 0 Å². The van der Waals surface area contributed by atoms with Gasteiger partial charge in [-0.15, -0.1) is 0 Å². The number of aliphatic hydroxyl groups excluding tert-OH is 1. The second-order valence-electron chi connectivity index (χ2n) is 4.88. The van der Waals surface area contributed by atoms with Crippen molar-refractivity contribution in [3.63, 3.8) is 0 Å². The molecule has 0 aliphatic heterocycles. The van der Waals surface area contributed by atoms with Gasteiger partial charge in [0.1, 0.15) is 6.10 Å². The van der Waals surface area contributed by atoms with Gasteiger partial charge in [-0.25, -0.2) is 0 Å². The van der Waals surface area contributed by atoms with Crippen LogP contribution in [0.3, 0.4) is 0 Å². The number of rotatable bonds is 3. The second kappa shape index (κ2) is 6.26. The van der Waals surface area contributed by atoms with Crippen LogP contribution in [0.25, 0.3) is 10.8 Å². The Morgan fingerprint density at radius 3 is 2.62 bits per heavy atom. The topological polar surface area (TPSA) is 33.1 Å². The lowest BCUT2D eigenvalue weighted by Gasteiger charge is -2.14. The summed E-state index contributed by atoms with van der Waals surface area (Å²) in [7, 11) is 0. The van der Waals surface area contributed by atoms with E-state index in [1.807, 2.05) is 24.3 Å². The Morgan fingerprint density at radius 1 is 1.05 bits per heavy atom. The lowest BCUT2D eigenvalue weighted by Crippen LogP contribution is -2.05. The molecule has 4 heteroatoms. The van der Waals surface area contributed by atoms with Crippen molar-refractivity contribution >= 4 is 42.6 Å². The van der Waals surface area contributed by atoms with Gasteiger partial charge >= 0.3 is 0 Å². The predicted molar refractivity (Wildman–Crippen MR) is 92.2 cm³/mol. The summed E-state index contributed by atoms with van der Waals surface area (Å²) < 4.78 is 1.69. The first-order valence-corrected chi connectivity index (χ1v) is 8.19. The van der Waals surface area contributed by atoms with E-state index in [1.165, 1.54) is 10.8 Å². The minimum atomic E-state index is -0.640. The Labute approximate surface area is 140 Å². The highest BCUT2D eigenvalue weighted by atomic mass is 79.9. The number of benzene rings is 2. The average molecular weight is 407 g/mol. The van der Waals surface area contributed by atoms with Crippen LogP contribution in [0, 0.1) is 0 Å². The summed E-state index contributed by atoms with van der Waals surface area (Å²) in [6.07, 6.45) is 1.60. The van der Waals surface area contributed by atoms with E-state index in [2.05, 4.69) is 61.1 Å². The number of fused-ring (bicyclic) bond motifs is 1. The van der Waals surface area contributed by atoms with Crippen molar-refractivity contribution in [1.29, 1.82) is 0 Å². The van der Waals surface area contributed by atoms with Gasteiger partial charge in [-0.2, -0.15) is 0 Å². The van der Waals surface area contributed by atoms with Gasteiger partial charge < -0.3 is 5.11 Å². The highest BCUT2D eigenvalue weighted by molar-refractivity contribution is 9.11. The SMILES string of the molecule is OC(Cc1cccc2ccccc12)c1ncc(Br)cc1Br. The molecule has 0 saturated carbocycles. The molecule has 1 N–H and O–H groups in total. The Balaban J connectivity index is 1.94. The number of hydrogen-bond donors (Lipinski definition) is 1. The van der Waals surface area contributed by atoms with Crippen LogP contribution in [-0.4, -0.2) is 10.1 Å². The molecule has 1 aromatic heterocycles. The molecule has 0 aliphatic rings. The molecule has 1 heterocycles. The molecule has 21 heavy (non-hydrogen) atoms. The molecular weight excluding hydrogens is 394 g/mol. The molecule has 0 spiro atoms. The van der Waals surface area contributed by atoms with Gasteiger partial charge in [0.25, 0.3) is 0 Å². The van der Waals surface area contributed by atoms with E-state index in [9.17, 15) is 5.11 Å². The van der Waals surface area contributed by atoms with Crippen LogP contribution in [-0.2, 0) is 6.42 Å². The Bertz CT molecular complexity index is 783. The van der Waals surface area contributed by atoms with Gasteiger partial charge in [0.05, 0.1) is 5.69 Å². The van der Waals surface area contributed by atoms with E-state index >= 15 is 0 Å². The zero-order valence-corrected chi connectivity index (χ0v) is 14.3. The molecule has 0 fully saturated rings. The van der Waals surface area contributed by atoms with Gasteiger partial charge in [0.15, 0.2) is 0 Å². The molecule has 2 aromatic carbocycles. The normalized spacial score (nSPS) is 12.5. The van der Waals surface area contributed by atoms with E-state index in [1.54, 1.807) is 6.20 Å². The van der Waals surface area contributed by atoms with Crippen LogP contribution in [0.15, 0.2) is 63.7 Å². The first kappa shape index (κ1) is 14.7. The zero-order chi connectivity index (χ0) is 14.8. The fourth-order valence-corrected chi connectivity index (χ4v) is 3.70. The summed E-state index contributed by atoms with van der Waals surface area (Å²) in [5.74, 6) is 0. The lowest BCUT2D eigenvalue weighted by molar-refractivity contribution is 0.173. The summed E-state index contributed by atoms with van der Waals surface area (Å²) in [5, 5.41) is 12.9. The molecule has 106 valence electrons. The average Bonchev–Trinajstić information content (AvgIpc) is 2.47. The molecule has 0 radical (unpaired) electrons. The molecule has 0 aliphatic carbocycles. The Kier molecular flexibility index (Phi) is 4.38. The van der Waals surface area contributed by atoms with Crippen LogP contribution in [0.5, 0.6) is 0 Å². The molecule has 0 bridgehead atoms. The Hall–Kier alpha value is -1.23. The first-order valence-electron chi connectivity index (χ1n) is 6.61. The zero-order valence-electron chi connectivity index (χ0n) is 11.1. The van der Waals surface area contributed by atoms with Crippen molar-refractivity contribution in [3.8, 4) is 0 Å². The van der Waals surface area contributed by atoms with Gasteiger partial charge in [0, 0.05) is 21.6 Å². The molecule has 1 atom stereocenters. The predicted octanol–water partition coefficient (Wildman–Crippen LogP) is 5.04. The molecule has 0 saturated heterocycles. The van der Waals surface area contributed by atoms with E-state index in [4.69, 9.17) is 0 Å². The van der Waals surface area contributed by atoms with E-state index in [-0.39, 0.29) is 0 Å². The van der Waals surface area contributed by atoms with Crippen molar-refractivity contribution in [2.45, 2.75) is 12.5 Å². The highest BCUT2D eigenvalue weighted by Gasteiger charge is 2.15. The number of pyridine rings is 1. The van der Waals surface area contributed by atoms with Gasteiger partial charge in [0.2, 0.25) is 0 Å². The maximum atomic E-state index is 10.5. The highest BCUT2D eigenvalue weighted by Crippen LogP contribution is 2.28. The standard InChI is InChI=1S/C17H13Br2NO/c18-13-9-15(19)17(20-10-13)16(21)8-12-6-3-5-11-4-1-2-7-14(11)12/h1-7,9-10,16,21H,8H2. The van der Waals surface area contributed by atoms with Crippen molar-refractivity contribution in [1.82, 2.24) is 4.98 Å². The molecule has 3 rings (SSSR count). The van der Waals surface area contributed by atoms with Crippen molar-refractivity contribution < 1.29 is 5.11 Å². The largest absolute Gasteiger partial charge is 0.386 e. The fraction of sp³-hybridized carbons (Fsp3) is 0.118. The van der Waals surface area contributed by atoms with Crippen molar-refractivity contribution in [2.75, 3.05) is 0 Å². The van der Waals surface area contributed by atoms with Gasteiger partial charge in [-0.1, -0.05) is 42.5 Å². The van der Waals surface area contributed by atoms with Crippen LogP contribution in [0.4, 0.5) is 0 Å². The molecule has 3 aromatic rings. The van der Waals surface area contributed by atoms with Crippen molar-refractivity contribution in [2.24, 2.45) is 0 Å². The number of hydrogen-bond acceptors (Lipinski definition) is 2. The lowest BCUT2D eigenvalue weighted by atomic mass is 9.98. The monoisotopic (exact) mass is 405 g/mol. The van der Waals surface area contributed by atoms with E-state index in [0.717, 1.165) is 14.5 Å². The summed E-state index contributed by atoms with van der Waals surface area (Å²) in [4.78, 5) is 4.31. The quantitative estimate of drug-likeness (QED) is 0.661. The third kappa shape index (κ3) is 3.18. The third-order valence-corrected chi connectivity index (χ3v) is 4.51. The molecule has 1 unspecified atom stereocenters. The minimum Gasteiger partial charge on any atom is -0.386 e. The Morgan fingerprint density at radius 2 is 1.81 bits per heavy atom. The van der Waals surface area contributed by atoms with Crippen LogP contribution in [0.1, 0.15) is 17.4 Å². The molecule has 0 amide bonds. The third-order valence-electron chi connectivity index (χ3n) is 3.45. The summed E-state index contributed by atoms with van der Waals surface area (Å²) in [6, 6.07) is 16.3. The molecular formula is C17H13Br2NO. The van der Waals surface area contributed by atoms with E-state index < -0.39 is 6.10 Å². The van der Waals surface area contributed by atoms with Gasteiger partial charge in [-0.3, -0.25) is 4.98 Å². The maximum absolute atomic E-state index is 10.5. The van der Waals surface area contributed by atoms with Crippen molar-refractivity contribution in [3.05, 3.63) is 74.9 Å². The van der Waals surface area contributed by atoms with Crippen LogP contribution >= 0.6 is 31.9 Å². The fourth-order valence-electron chi connectivity index (χ4n) is 2.45. The van der Waals surface area contributed by atoms with Gasteiger partial charge in [-0.05, 0) is 54.3 Å². The number of aromatic nitrogens is 1. The smallest absolute Gasteiger partial charge is 0.101 e. The number of halogens is 2. The minimum absolute atomic E-state index is 0.536. The second-order valence-corrected chi connectivity index (χ2v) is 6.65. The summed E-state index contributed by atoms with van der Waals surface area (Å²) >= 11 is 6.83. The summed E-state index contributed by atoms with van der Waals surface area (Å²) in [6.45, 7) is 0. The van der Waals surface area contributed by atoms with Crippen LogP contribution < -0.4 is 0 Å². The molecule has 2 nitrogen and oxygen atoms in total. The summed E-state index contributed by atoms with van der Waals surface area (Å²) in [5.41, 5.74) is 1.78. The first-order chi connectivity index (χ1) is 10.1. The number of aliphatic hydroxyl groups is 1.